The molecule has 25 heavy (non-hydrogen) atoms. The Hall–Kier alpha value is -2.37. The van der Waals surface area contributed by atoms with Crippen LogP contribution in [0.15, 0.2) is 42.1 Å². The van der Waals surface area contributed by atoms with E-state index in [1.165, 1.54) is 16.8 Å². The first kappa shape index (κ1) is 19.0. The molecule has 1 heterocycles. The van der Waals surface area contributed by atoms with E-state index in [0.717, 1.165) is 5.56 Å². The molecular weight excluding hydrogens is 340 g/mol. The van der Waals surface area contributed by atoms with E-state index in [-0.39, 0.29) is 5.57 Å². The van der Waals surface area contributed by atoms with Crippen LogP contribution < -0.4 is 5.32 Å². The van der Waals surface area contributed by atoms with E-state index in [4.69, 9.17) is 0 Å². The highest BCUT2D eigenvalue weighted by Gasteiger charge is 2.22. The van der Waals surface area contributed by atoms with E-state index >= 15 is 0 Å². The lowest BCUT2D eigenvalue weighted by atomic mass is 10.1. The predicted molar refractivity (Wildman–Crippen MR) is 94.8 cm³/mol. The number of nitrogens with zero attached hydrogens (tertiary/aromatic N) is 3. The van der Waals surface area contributed by atoms with Gasteiger partial charge in [-0.25, -0.2) is 8.42 Å². The summed E-state index contributed by atoms with van der Waals surface area (Å²) >= 11 is 0. The molecule has 0 atom stereocenters. The number of piperazine rings is 1. The van der Waals surface area contributed by atoms with E-state index in [0.29, 0.717) is 39.1 Å². The fourth-order valence-corrected chi connectivity index (χ4v) is 3.37. The summed E-state index contributed by atoms with van der Waals surface area (Å²) in [5.41, 5.74) is 1.14. The number of nitriles is 1. The van der Waals surface area contributed by atoms with Crippen molar-refractivity contribution in [2.24, 2.45) is 0 Å². The van der Waals surface area contributed by atoms with Crippen molar-refractivity contribution in [2.45, 2.75) is 6.42 Å². The first-order chi connectivity index (χ1) is 11.9. The third kappa shape index (κ3) is 5.89. The standard InChI is InChI=1S/C17H22N4O3S/c1-25(23,24)21-11-9-20(10-12-21)14-16(13-18)17(22)19-8-7-15-5-3-2-4-6-15/h2-6,14H,7-12H2,1H3,(H,19,22)/b16-14-. The van der Waals surface area contributed by atoms with Gasteiger partial charge >= 0.3 is 0 Å². The lowest BCUT2D eigenvalue weighted by molar-refractivity contribution is -0.117. The van der Waals surface area contributed by atoms with Crippen LogP contribution in [0, 0.1) is 11.3 Å². The van der Waals surface area contributed by atoms with Gasteiger partial charge in [-0.15, -0.1) is 0 Å². The number of hydrogen-bond acceptors (Lipinski definition) is 5. The van der Waals surface area contributed by atoms with Crippen LogP contribution in [0.5, 0.6) is 0 Å². The molecule has 1 saturated heterocycles. The van der Waals surface area contributed by atoms with Gasteiger partial charge in [-0.2, -0.15) is 9.57 Å². The van der Waals surface area contributed by atoms with E-state index in [1.807, 2.05) is 36.4 Å². The normalized spacial score (nSPS) is 16.3. The number of hydrogen-bond donors (Lipinski definition) is 1. The van der Waals surface area contributed by atoms with Crippen molar-refractivity contribution < 1.29 is 13.2 Å². The maximum Gasteiger partial charge on any atom is 0.263 e. The molecule has 0 unspecified atom stereocenters. The SMILES string of the molecule is CS(=O)(=O)N1CCN(/C=C(/C#N)C(=O)NCCc2ccccc2)CC1. The topological polar surface area (TPSA) is 93.5 Å². The number of amides is 1. The smallest absolute Gasteiger partial charge is 0.263 e. The summed E-state index contributed by atoms with van der Waals surface area (Å²) in [4.78, 5) is 13.9. The number of sulfonamides is 1. The van der Waals surface area contributed by atoms with Crippen molar-refractivity contribution in [1.82, 2.24) is 14.5 Å². The third-order valence-corrected chi connectivity index (χ3v) is 5.26. The van der Waals surface area contributed by atoms with Crippen LogP contribution >= 0.6 is 0 Å². The first-order valence-corrected chi connectivity index (χ1v) is 9.88. The van der Waals surface area contributed by atoms with Gasteiger partial charge in [0.2, 0.25) is 10.0 Å². The Labute approximate surface area is 148 Å². The maximum absolute atomic E-state index is 12.1. The molecule has 0 bridgehead atoms. The number of rotatable bonds is 6. The van der Waals surface area contributed by atoms with Gasteiger partial charge in [-0.05, 0) is 12.0 Å². The molecule has 0 radical (unpaired) electrons. The van der Waals surface area contributed by atoms with Crippen LogP contribution in [0.1, 0.15) is 5.56 Å². The van der Waals surface area contributed by atoms with Gasteiger partial charge in [0.15, 0.2) is 0 Å². The average molecular weight is 362 g/mol. The molecule has 1 aromatic carbocycles. The van der Waals surface area contributed by atoms with Gasteiger partial charge in [-0.1, -0.05) is 30.3 Å². The minimum absolute atomic E-state index is 0.0286. The van der Waals surface area contributed by atoms with E-state index < -0.39 is 15.9 Å². The van der Waals surface area contributed by atoms with Crippen LogP contribution in [0.2, 0.25) is 0 Å². The van der Waals surface area contributed by atoms with Gasteiger partial charge in [0.05, 0.1) is 6.26 Å². The van der Waals surface area contributed by atoms with Gasteiger partial charge in [0, 0.05) is 38.9 Å². The van der Waals surface area contributed by atoms with Crippen molar-refractivity contribution in [3.63, 3.8) is 0 Å². The van der Waals surface area contributed by atoms with Crippen molar-refractivity contribution in [3.8, 4) is 6.07 Å². The number of carbonyl (C=O) groups excluding carboxylic acids is 1. The zero-order chi connectivity index (χ0) is 18.3. The van der Waals surface area contributed by atoms with Crippen molar-refractivity contribution in [1.29, 1.82) is 5.26 Å². The molecule has 7 nitrogen and oxygen atoms in total. The molecule has 1 amide bonds. The third-order valence-electron chi connectivity index (χ3n) is 3.96. The molecule has 1 aliphatic heterocycles. The minimum atomic E-state index is -3.20. The Morgan fingerprint density at radius 2 is 1.88 bits per heavy atom. The zero-order valence-corrected chi connectivity index (χ0v) is 15.0. The lowest BCUT2D eigenvalue weighted by Gasteiger charge is -2.32. The molecule has 1 N–H and O–H groups in total. The van der Waals surface area contributed by atoms with Gasteiger partial charge < -0.3 is 10.2 Å². The summed E-state index contributed by atoms with van der Waals surface area (Å²) in [6.45, 7) is 2.06. The largest absolute Gasteiger partial charge is 0.373 e. The minimum Gasteiger partial charge on any atom is -0.373 e. The molecule has 0 aromatic heterocycles. The highest BCUT2D eigenvalue weighted by atomic mass is 32.2. The Balaban J connectivity index is 1.85. The molecule has 0 saturated carbocycles. The number of carbonyl (C=O) groups is 1. The Morgan fingerprint density at radius 1 is 1.24 bits per heavy atom. The monoisotopic (exact) mass is 362 g/mol. The first-order valence-electron chi connectivity index (χ1n) is 8.03. The Kier molecular flexibility index (Phi) is 6.56. The molecule has 0 aliphatic carbocycles. The lowest BCUT2D eigenvalue weighted by Crippen LogP contribution is -2.46. The average Bonchev–Trinajstić information content (AvgIpc) is 2.60. The fraction of sp³-hybridized carbons (Fsp3) is 0.412. The summed E-state index contributed by atoms with van der Waals surface area (Å²) < 4.78 is 24.4. The van der Waals surface area contributed by atoms with Crippen LogP contribution in [-0.2, 0) is 21.2 Å². The van der Waals surface area contributed by atoms with Crippen molar-refractivity contribution in [3.05, 3.63) is 47.7 Å². The van der Waals surface area contributed by atoms with Gasteiger partial charge in [-0.3, -0.25) is 4.79 Å². The van der Waals surface area contributed by atoms with Crippen LogP contribution in [0.3, 0.4) is 0 Å². The highest BCUT2D eigenvalue weighted by Crippen LogP contribution is 2.08. The molecule has 1 fully saturated rings. The second-order valence-electron chi connectivity index (χ2n) is 5.84. The molecule has 2 rings (SSSR count). The summed E-state index contributed by atoms with van der Waals surface area (Å²) in [5, 5.41) is 12.0. The van der Waals surface area contributed by atoms with Crippen LogP contribution in [0.4, 0.5) is 0 Å². The fourth-order valence-electron chi connectivity index (χ4n) is 2.55. The zero-order valence-electron chi connectivity index (χ0n) is 14.2. The van der Waals surface area contributed by atoms with Crippen molar-refractivity contribution in [2.75, 3.05) is 39.0 Å². The number of benzene rings is 1. The Morgan fingerprint density at radius 3 is 2.44 bits per heavy atom. The van der Waals surface area contributed by atoms with E-state index in [1.54, 1.807) is 4.90 Å². The maximum atomic E-state index is 12.1. The summed E-state index contributed by atoms with van der Waals surface area (Å²) in [7, 11) is -3.20. The molecule has 1 aromatic rings. The summed E-state index contributed by atoms with van der Waals surface area (Å²) in [6, 6.07) is 11.7. The van der Waals surface area contributed by atoms with Crippen LogP contribution in [-0.4, -0.2) is 62.5 Å². The molecule has 1 aliphatic rings. The molecule has 0 spiro atoms. The van der Waals surface area contributed by atoms with Crippen molar-refractivity contribution >= 4 is 15.9 Å². The van der Waals surface area contributed by atoms with Gasteiger partial charge in [0.25, 0.3) is 5.91 Å². The molecular formula is C17H22N4O3S. The van der Waals surface area contributed by atoms with E-state index in [2.05, 4.69) is 5.32 Å². The Bertz CT molecular complexity index is 761. The highest BCUT2D eigenvalue weighted by molar-refractivity contribution is 7.88. The predicted octanol–water partition coefficient (Wildman–Crippen LogP) is 0.330. The second kappa shape index (κ2) is 8.65. The molecule has 134 valence electrons. The summed E-state index contributed by atoms with van der Waals surface area (Å²) in [5.74, 6) is -0.413. The number of nitrogens with one attached hydrogen (secondary N) is 1. The summed E-state index contributed by atoms with van der Waals surface area (Å²) in [6.07, 6.45) is 3.38. The van der Waals surface area contributed by atoms with Gasteiger partial charge in [0.1, 0.15) is 11.6 Å². The van der Waals surface area contributed by atoms with Crippen LogP contribution in [0.25, 0.3) is 0 Å². The quantitative estimate of drug-likeness (QED) is 0.581. The van der Waals surface area contributed by atoms with E-state index in [9.17, 15) is 18.5 Å². The second-order valence-corrected chi connectivity index (χ2v) is 7.83. The molecule has 8 heteroatoms.